The topological polar surface area (TPSA) is 81.9 Å². The molecule has 21 heavy (non-hydrogen) atoms. The lowest BCUT2D eigenvalue weighted by Crippen LogP contribution is -2.31. The van der Waals surface area contributed by atoms with Crippen LogP contribution < -0.4 is 5.73 Å². The van der Waals surface area contributed by atoms with Gasteiger partial charge in [-0.15, -0.1) is 0 Å². The molecule has 2 unspecified atom stereocenters. The zero-order valence-corrected chi connectivity index (χ0v) is 13.0. The number of nitrogen functional groups attached to an aromatic ring is 1. The van der Waals surface area contributed by atoms with Gasteiger partial charge in [0, 0.05) is 33.0 Å². The highest BCUT2D eigenvalue weighted by Crippen LogP contribution is 2.28. The van der Waals surface area contributed by atoms with Gasteiger partial charge in [0.1, 0.15) is 10.7 Å². The zero-order valence-electron chi connectivity index (χ0n) is 12.2. The summed E-state index contributed by atoms with van der Waals surface area (Å²) in [4.78, 5) is -0.419. The summed E-state index contributed by atoms with van der Waals surface area (Å²) < 4.78 is 50.7. The third kappa shape index (κ3) is 2.89. The number of hydrogen-bond acceptors (Lipinski definition) is 5. The van der Waals surface area contributed by atoms with Crippen molar-refractivity contribution in [2.45, 2.75) is 24.0 Å². The number of methoxy groups -OCH3 is 2. The predicted octanol–water partition coefficient (Wildman–Crippen LogP) is 0.751. The number of benzene rings is 1. The average Bonchev–Trinajstić information content (AvgIpc) is 2.86. The Morgan fingerprint density at radius 1 is 1.24 bits per heavy atom. The van der Waals surface area contributed by atoms with E-state index in [0.717, 1.165) is 16.4 Å². The van der Waals surface area contributed by atoms with Crippen LogP contribution in [0.5, 0.6) is 0 Å². The Morgan fingerprint density at radius 2 is 1.76 bits per heavy atom. The summed E-state index contributed by atoms with van der Waals surface area (Å²) in [7, 11) is -1.01. The average molecular weight is 318 g/mol. The van der Waals surface area contributed by atoms with Crippen molar-refractivity contribution in [2.75, 3.05) is 33.0 Å². The molecule has 2 N–H and O–H groups in total. The van der Waals surface area contributed by atoms with Gasteiger partial charge in [-0.1, -0.05) is 0 Å². The second-order valence-corrected chi connectivity index (χ2v) is 6.92. The molecule has 1 aromatic rings. The molecule has 0 amide bonds. The van der Waals surface area contributed by atoms with E-state index in [-0.39, 0.29) is 31.0 Å². The predicted molar refractivity (Wildman–Crippen MR) is 75.9 cm³/mol. The number of halogens is 1. The maximum atomic E-state index is 14.0. The van der Waals surface area contributed by atoms with Crippen molar-refractivity contribution in [1.82, 2.24) is 4.31 Å². The number of nitrogens with zero attached hydrogens (tertiary/aromatic N) is 1. The van der Waals surface area contributed by atoms with E-state index in [1.54, 1.807) is 6.92 Å². The van der Waals surface area contributed by atoms with Gasteiger partial charge in [-0.2, -0.15) is 4.31 Å². The highest BCUT2D eigenvalue weighted by Gasteiger charge is 2.40. The highest BCUT2D eigenvalue weighted by atomic mass is 32.2. The van der Waals surface area contributed by atoms with E-state index in [9.17, 15) is 12.8 Å². The molecule has 0 bridgehead atoms. The molecule has 1 aliphatic heterocycles. The smallest absolute Gasteiger partial charge is 0.246 e. The quantitative estimate of drug-likeness (QED) is 0.829. The van der Waals surface area contributed by atoms with Crippen LogP contribution in [0.4, 0.5) is 10.1 Å². The maximum absolute atomic E-state index is 14.0. The van der Waals surface area contributed by atoms with Gasteiger partial charge < -0.3 is 15.2 Å². The summed E-state index contributed by atoms with van der Waals surface area (Å²) in [5.41, 5.74) is 6.43. The second kappa shape index (κ2) is 5.88. The lowest BCUT2D eigenvalue weighted by molar-refractivity contribution is -0.00461. The first-order valence-corrected chi connectivity index (χ1v) is 7.86. The van der Waals surface area contributed by atoms with Crippen molar-refractivity contribution in [3.8, 4) is 0 Å². The molecule has 1 saturated heterocycles. The molecule has 1 heterocycles. The first-order valence-electron chi connectivity index (χ1n) is 6.42. The molecular formula is C13H19FN2O4S. The van der Waals surface area contributed by atoms with Gasteiger partial charge in [-0.05, 0) is 24.6 Å². The van der Waals surface area contributed by atoms with Crippen LogP contribution in [0.1, 0.15) is 5.56 Å². The molecule has 2 atom stereocenters. The molecule has 0 aliphatic carbocycles. The van der Waals surface area contributed by atoms with Gasteiger partial charge in [-0.25, -0.2) is 12.8 Å². The molecule has 118 valence electrons. The molecule has 1 aliphatic rings. The van der Waals surface area contributed by atoms with E-state index in [1.165, 1.54) is 14.2 Å². The van der Waals surface area contributed by atoms with Gasteiger partial charge in [0.15, 0.2) is 0 Å². The van der Waals surface area contributed by atoms with E-state index in [1.807, 2.05) is 0 Å². The lowest BCUT2D eigenvalue weighted by Gasteiger charge is -2.17. The van der Waals surface area contributed by atoms with E-state index in [2.05, 4.69) is 0 Å². The Hall–Kier alpha value is -1.22. The molecule has 0 saturated carbocycles. The summed E-state index contributed by atoms with van der Waals surface area (Å²) in [6.07, 6.45) is -0.758. The van der Waals surface area contributed by atoms with Crippen molar-refractivity contribution < 1.29 is 22.3 Å². The van der Waals surface area contributed by atoms with Gasteiger partial charge >= 0.3 is 0 Å². The van der Waals surface area contributed by atoms with E-state index < -0.39 is 20.7 Å². The Bertz CT molecular complexity index is 623. The molecule has 0 spiro atoms. The Balaban J connectivity index is 2.38. The van der Waals surface area contributed by atoms with Crippen molar-refractivity contribution in [3.05, 3.63) is 23.5 Å². The zero-order chi connectivity index (χ0) is 15.8. The number of anilines is 1. The van der Waals surface area contributed by atoms with Crippen molar-refractivity contribution in [2.24, 2.45) is 0 Å². The van der Waals surface area contributed by atoms with Crippen molar-refractivity contribution in [3.63, 3.8) is 0 Å². The highest BCUT2D eigenvalue weighted by molar-refractivity contribution is 7.89. The first-order chi connectivity index (χ1) is 9.81. The SMILES string of the molecule is COC1CN(S(=O)(=O)c2cc(N)c(C)cc2F)CC1OC. The minimum Gasteiger partial charge on any atom is -0.398 e. The largest absolute Gasteiger partial charge is 0.398 e. The minimum atomic E-state index is -3.98. The third-order valence-corrected chi connectivity index (χ3v) is 5.57. The van der Waals surface area contributed by atoms with Crippen LogP contribution in [-0.4, -0.2) is 52.2 Å². The standard InChI is InChI=1S/C13H19FN2O4S/c1-8-4-9(14)13(5-10(8)15)21(17,18)16-6-11(19-2)12(7-16)20-3/h4-5,11-12H,6-7,15H2,1-3H3. The minimum absolute atomic E-state index is 0.116. The van der Waals surface area contributed by atoms with Crippen molar-refractivity contribution in [1.29, 1.82) is 0 Å². The fourth-order valence-corrected chi connectivity index (χ4v) is 3.91. The lowest BCUT2D eigenvalue weighted by atomic mass is 10.2. The summed E-state index contributed by atoms with van der Waals surface area (Å²) in [6, 6.07) is 2.28. The normalized spacial score (nSPS) is 23.6. The van der Waals surface area contributed by atoms with Crippen LogP contribution in [0, 0.1) is 12.7 Å². The Labute approximate surface area is 123 Å². The van der Waals surface area contributed by atoms with Crippen LogP contribution in [0.3, 0.4) is 0 Å². The molecule has 1 fully saturated rings. The molecule has 6 nitrogen and oxygen atoms in total. The van der Waals surface area contributed by atoms with Gasteiger partial charge in [-0.3, -0.25) is 0 Å². The van der Waals surface area contributed by atoms with E-state index in [0.29, 0.717) is 5.56 Å². The monoisotopic (exact) mass is 318 g/mol. The van der Waals surface area contributed by atoms with Crippen LogP contribution in [0.25, 0.3) is 0 Å². The third-order valence-electron chi connectivity index (χ3n) is 3.73. The number of aryl methyl sites for hydroxylation is 1. The number of sulfonamides is 1. The fraction of sp³-hybridized carbons (Fsp3) is 0.538. The second-order valence-electron chi connectivity index (χ2n) is 5.01. The molecule has 0 aromatic heterocycles. The summed E-state index contributed by atoms with van der Waals surface area (Å²) in [5, 5.41) is 0. The number of nitrogens with two attached hydrogens (primary N) is 1. The van der Waals surface area contributed by atoms with Crippen LogP contribution in [-0.2, 0) is 19.5 Å². The molecule has 1 aromatic carbocycles. The van der Waals surface area contributed by atoms with E-state index >= 15 is 0 Å². The number of rotatable bonds is 4. The number of hydrogen-bond donors (Lipinski definition) is 1. The fourth-order valence-electron chi connectivity index (χ4n) is 2.37. The summed E-state index contributed by atoms with van der Waals surface area (Å²) in [6.45, 7) is 1.85. The van der Waals surface area contributed by atoms with Gasteiger partial charge in [0.2, 0.25) is 10.0 Å². The molecule has 0 radical (unpaired) electrons. The first kappa shape index (κ1) is 16.2. The van der Waals surface area contributed by atoms with Crippen molar-refractivity contribution >= 4 is 15.7 Å². The Kier molecular flexibility index (Phi) is 4.52. The Morgan fingerprint density at radius 3 is 2.24 bits per heavy atom. The van der Waals surface area contributed by atoms with Gasteiger partial charge in [0.05, 0.1) is 12.2 Å². The molecule has 2 rings (SSSR count). The van der Waals surface area contributed by atoms with E-state index in [4.69, 9.17) is 15.2 Å². The van der Waals surface area contributed by atoms with Crippen LogP contribution in [0.15, 0.2) is 17.0 Å². The van der Waals surface area contributed by atoms with Crippen LogP contribution >= 0.6 is 0 Å². The van der Waals surface area contributed by atoms with Crippen LogP contribution in [0.2, 0.25) is 0 Å². The maximum Gasteiger partial charge on any atom is 0.246 e. The van der Waals surface area contributed by atoms with Gasteiger partial charge in [0.25, 0.3) is 0 Å². The number of ether oxygens (including phenoxy) is 2. The molecule has 8 heteroatoms. The summed E-state index contributed by atoms with van der Waals surface area (Å²) in [5.74, 6) is -0.809. The summed E-state index contributed by atoms with van der Waals surface area (Å²) >= 11 is 0. The molecular weight excluding hydrogens is 299 g/mol.